The van der Waals surface area contributed by atoms with E-state index in [0.29, 0.717) is 17.4 Å². The third-order valence-electron chi connectivity index (χ3n) is 3.81. The molecule has 0 fully saturated rings. The molecule has 2 aromatic carbocycles. The number of benzene rings is 2. The number of carbonyl (C=O) groups excluding carboxylic acids is 1. The van der Waals surface area contributed by atoms with Gasteiger partial charge in [-0.2, -0.15) is 0 Å². The van der Waals surface area contributed by atoms with Gasteiger partial charge in [-0.15, -0.1) is 0 Å². The van der Waals surface area contributed by atoms with E-state index in [1.165, 1.54) is 36.5 Å². The van der Waals surface area contributed by atoms with Gasteiger partial charge >= 0.3 is 0 Å². The van der Waals surface area contributed by atoms with Crippen molar-refractivity contribution < 1.29 is 17.9 Å². The number of hydrogen-bond acceptors (Lipinski definition) is 5. The zero-order valence-corrected chi connectivity index (χ0v) is 16.5. The molecule has 0 aliphatic heterocycles. The highest BCUT2D eigenvalue weighted by Crippen LogP contribution is 2.26. The van der Waals surface area contributed by atoms with Crippen molar-refractivity contribution in [2.75, 3.05) is 11.3 Å². The largest absolute Gasteiger partial charge is 0.494 e. The summed E-state index contributed by atoms with van der Waals surface area (Å²) in [6, 6.07) is 15.3. The first kappa shape index (κ1) is 19.9. The van der Waals surface area contributed by atoms with Crippen molar-refractivity contribution in [1.82, 2.24) is 4.98 Å². The van der Waals surface area contributed by atoms with Gasteiger partial charge in [-0.05, 0) is 61.5 Å². The predicted octanol–water partition coefficient (Wildman–Crippen LogP) is 4.17. The van der Waals surface area contributed by atoms with E-state index >= 15 is 0 Å². The smallest absolute Gasteiger partial charge is 0.261 e. The first-order chi connectivity index (χ1) is 13.4. The predicted molar refractivity (Wildman–Crippen MR) is 108 cm³/mol. The van der Waals surface area contributed by atoms with E-state index in [0.717, 1.165) is 0 Å². The second-order valence-electron chi connectivity index (χ2n) is 5.74. The highest BCUT2D eigenvalue weighted by molar-refractivity contribution is 7.92. The fourth-order valence-electron chi connectivity index (χ4n) is 2.51. The summed E-state index contributed by atoms with van der Waals surface area (Å²) in [7, 11) is -3.92. The molecule has 0 spiro atoms. The molecule has 0 bridgehead atoms. The van der Waals surface area contributed by atoms with Crippen LogP contribution in [0.5, 0.6) is 5.75 Å². The Balaban J connectivity index is 1.94. The summed E-state index contributed by atoms with van der Waals surface area (Å²) >= 11 is 6.02. The highest BCUT2D eigenvalue weighted by Gasteiger charge is 2.20. The maximum atomic E-state index is 12.8. The van der Waals surface area contributed by atoms with Gasteiger partial charge in [0.05, 0.1) is 17.2 Å². The third kappa shape index (κ3) is 4.49. The van der Waals surface area contributed by atoms with Gasteiger partial charge in [0.15, 0.2) is 0 Å². The molecule has 0 radical (unpaired) electrons. The van der Waals surface area contributed by atoms with Crippen molar-refractivity contribution in [3.8, 4) is 5.75 Å². The number of pyridine rings is 1. The van der Waals surface area contributed by atoms with Crippen LogP contribution in [0.2, 0.25) is 5.02 Å². The molecule has 3 rings (SSSR count). The molecule has 0 amide bonds. The van der Waals surface area contributed by atoms with E-state index in [1.54, 1.807) is 30.3 Å². The van der Waals surface area contributed by atoms with Crippen LogP contribution < -0.4 is 9.46 Å². The average molecular weight is 417 g/mol. The van der Waals surface area contributed by atoms with Gasteiger partial charge in [-0.3, -0.25) is 14.5 Å². The van der Waals surface area contributed by atoms with Crippen LogP contribution in [0.3, 0.4) is 0 Å². The summed E-state index contributed by atoms with van der Waals surface area (Å²) in [5.74, 6) is 0.131. The van der Waals surface area contributed by atoms with Gasteiger partial charge in [-0.25, -0.2) is 8.42 Å². The number of carbonyl (C=O) groups is 1. The van der Waals surface area contributed by atoms with Crippen molar-refractivity contribution >= 4 is 33.1 Å². The average Bonchev–Trinajstić information content (AvgIpc) is 2.70. The van der Waals surface area contributed by atoms with Gasteiger partial charge in [-0.1, -0.05) is 17.7 Å². The minimum Gasteiger partial charge on any atom is -0.494 e. The summed E-state index contributed by atoms with van der Waals surface area (Å²) in [5.41, 5.74) is 0.418. The van der Waals surface area contributed by atoms with Gasteiger partial charge in [0.2, 0.25) is 5.78 Å². The maximum Gasteiger partial charge on any atom is 0.261 e. The normalized spacial score (nSPS) is 11.1. The van der Waals surface area contributed by atoms with Crippen LogP contribution >= 0.6 is 11.6 Å². The Morgan fingerprint density at radius 1 is 1.11 bits per heavy atom. The lowest BCUT2D eigenvalue weighted by Crippen LogP contribution is -2.16. The second-order valence-corrected chi connectivity index (χ2v) is 7.86. The molecular weight excluding hydrogens is 400 g/mol. The molecule has 28 heavy (non-hydrogen) atoms. The fourth-order valence-corrected chi connectivity index (χ4v) is 3.77. The Morgan fingerprint density at radius 3 is 2.50 bits per heavy atom. The van der Waals surface area contributed by atoms with Gasteiger partial charge in [0, 0.05) is 16.8 Å². The van der Waals surface area contributed by atoms with Gasteiger partial charge in [0.1, 0.15) is 11.4 Å². The molecule has 0 saturated carbocycles. The van der Waals surface area contributed by atoms with Gasteiger partial charge in [0.25, 0.3) is 10.0 Å². The molecule has 0 aliphatic carbocycles. The molecule has 0 saturated heterocycles. The molecule has 1 aromatic heterocycles. The molecule has 0 unspecified atom stereocenters. The minimum absolute atomic E-state index is 0.0436. The summed E-state index contributed by atoms with van der Waals surface area (Å²) in [4.78, 5) is 16.9. The van der Waals surface area contributed by atoms with E-state index in [-0.39, 0.29) is 21.8 Å². The zero-order valence-electron chi connectivity index (χ0n) is 14.9. The van der Waals surface area contributed by atoms with Crippen LogP contribution in [-0.4, -0.2) is 25.8 Å². The molecule has 0 aliphatic rings. The summed E-state index contributed by atoms with van der Waals surface area (Å²) < 4.78 is 33.3. The lowest BCUT2D eigenvalue weighted by molar-refractivity contribution is 0.103. The lowest BCUT2D eigenvalue weighted by Gasteiger charge is -2.13. The lowest BCUT2D eigenvalue weighted by atomic mass is 10.1. The van der Waals surface area contributed by atoms with E-state index < -0.39 is 15.8 Å². The van der Waals surface area contributed by atoms with E-state index in [4.69, 9.17) is 16.3 Å². The number of rotatable bonds is 7. The van der Waals surface area contributed by atoms with Crippen LogP contribution in [0.1, 0.15) is 23.0 Å². The Labute approximate surface area is 168 Å². The maximum absolute atomic E-state index is 12.8. The van der Waals surface area contributed by atoms with Crippen LogP contribution in [-0.2, 0) is 10.0 Å². The number of anilines is 1. The Kier molecular flexibility index (Phi) is 5.96. The number of nitrogens with zero attached hydrogens (tertiary/aromatic N) is 1. The van der Waals surface area contributed by atoms with Crippen LogP contribution in [0.25, 0.3) is 0 Å². The molecule has 1 heterocycles. The van der Waals surface area contributed by atoms with Crippen molar-refractivity contribution in [3.05, 3.63) is 83.1 Å². The summed E-state index contributed by atoms with van der Waals surface area (Å²) in [6.45, 7) is 2.32. The zero-order chi connectivity index (χ0) is 20.1. The minimum atomic E-state index is -3.92. The highest BCUT2D eigenvalue weighted by atomic mass is 35.5. The third-order valence-corrected chi connectivity index (χ3v) is 5.43. The molecule has 0 atom stereocenters. The Bertz CT molecular complexity index is 1080. The molecule has 6 nitrogen and oxygen atoms in total. The number of ether oxygens (including phenoxy) is 1. The fraction of sp³-hybridized carbons (Fsp3) is 0.100. The summed E-state index contributed by atoms with van der Waals surface area (Å²) in [6.07, 6.45) is 1.49. The van der Waals surface area contributed by atoms with Crippen LogP contribution in [0, 0.1) is 0 Å². The number of nitrogens with one attached hydrogen (secondary N) is 1. The first-order valence-corrected chi connectivity index (χ1v) is 10.3. The second kappa shape index (κ2) is 8.41. The first-order valence-electron chi connectivity index (χ1n) is 8.41. The summed E-state index contributed by atoms with van der Waals surface area (Å²) in [5, 5.41) is 0.309. The number of halogens is 1. The van der Waals surface area contributed by atoms with E-state index in [2.05, 4.69) is 9.71 Å². The Hall–Kier alpha value is -2.90. The number of sulfonamides is 1. The van der Waals surface area contributed by atoms with E-state index in [9.17, 15) is 13.2 Å². The van der Waals surface area contributed by atoms with E-state index in [1.807, 2.05) is 6.92 Å². The Morgan fingerprint density at radius 2 is 1.86 bits per heavy atom. The van der Waals surface area contributed by atoms with Crippen LogP contribution in [0.15, 0.2) is 71.8 Å². The molecule has 1 N–H and O–H groups in total. The monoisotopic (exact) mass is 416 g/mol. The molecular formula is C20H17ClN2O4S. The topological polar surface area (TPSA) is 85.4 Å². The van der Waals surface area contributed by atoms with Crippen molar-refractivity contribution in [2.45, 2.75) is 11.8 Å². The van der Waals surface area contributed by atoms with Crippen molar-refractivity contribution in [2.24, 2.45) is 0 Å². The van der Waals surface area contributed by atoms with Gasteiger partial charge < -0.3 is 4.74 Å². The van der Waals surface area contributed by atoms with Crippen LogP contribution in [0.4, 0.5) is 5.69 Å². The number of aromatic nitrogens is 1. The molecule has 8 heteroatoms. The SMILES string of the molecule is CCOc1ccc(S(=O)(=O)Nc2ccc(Cl)cc2C(=O)c2ccccn2)cc1. The quantitative estimate of drug-likeness (QED) is 0.584. The van der Waals surface area contributed by atoms with Crippen molar-refractivity contribution in [3.63, 3.8) is 0 Å². The molecule has 144 valence electrons. The van der Waals surface area contributed by atoms with Crippen molar-refractivity contribution in [1.29, 1.82) is 0 Å². The number of ketones is 1. The standard InChI is InChI=1S/C20H17ClN2O4S/c1-2-27-15-7-9-16(10-8-15)28(25,26)23-18-11-6-14(21)13-17(18)20(24)19-5-3-4-12-22-19/h3-13,23H,2H2,1H3. The number of hydrogen-bond donors (Lipinski definition) is 1. The molecule has 3 aromatic rings.